The fourth-order valence-electron chi connectivity index (χ4n) is 3.02. The largest absolute Gasteiger partial charge is 0.478 e. The van der Waals surface area contributed by atoms with Crippen molar-refractivity contribution in [2.24, 2.45) is 0 Å². The number of carboxylic acid groups (broad SMARTS) is 1. The van der Waals surface area contributed by atoms with E-state index < -0.39 is 17.7 Å². The Morgan fingerprint density at radius 2 is 1.70 bits per heavy atom. The highest BCUT2D eigenvalue weighted by atomic mass is 19.4. The third-order valence-electron chi connectivity index (χ3n) is 4.48. The molecule has 0 aromatic heterocycles. The molecule has 0 spiro atoms. The molecule has 0 saturated carbocycles. The van der Waals surface area contributed by atoms with Crippen LogP contribution in [0, 0.1) is 0 Å². The maximum Gasteiger partial charge on any atom is 0.416 e. The topological polar surface area (TPSA) is 57.6 Å². The summed E-state index contributed by atoms with van der Waals surface area (Å²) in [7, 11) is 0. The minimum Gasteiger partial charge on any atom is -0.478 e. The number of alkyl halides is 3. The fourth-order valence-corrected chi connectivity index (χ4v) is 3.02. The molecule has 1 N–H and O–H groups in total. The van der Waals surface area contributed by atoms with Gasteiger partial charge in [0.15, 0.2) is 0 Å². The second-order valence-corrected chi connectivity index (χ2v) is 6.31. The van der Waals surface area contributed by atoms with E-state index in [9.17, 15) is 22.8 Å². The number of carboxylic acids is 1. The highest BCUT2D eigenvalue weighted by molar-refractivity contribution is 5.99. The Bertz CT molecular complexity index is 917. The van der Waals surface area contributed by atoms with Crippen molar-refractivity contribution < 1.29 is 27.9 Å². The number of nitrogens with zero attached hydrogens (tertiary/aromatic N) is 1. The Kier molecular flexibility index (Phi) is 4.78. The number of hydrogen-bond donors (Lipinski definition) is 1. The van der Waals surface area contributed by atoms with Gasteiger partial charge in [-0.2, -0.15) is 13.2 Å². The number of halogens is 3. The Balaban J connectivity index is 1.91. The molecule has 4 nitrogen and oxygen atoms in total. The van der Waals surface area contributed by atoms with Crippen LogP contribution in [0.3, 0.4) is 0 Å². The molecule has 0 aliphatic carbocycles. The molecule has 1 aliphatic heterocycles. The van der Waals surface area contributed by atoms with Gasteiger partial charge in [0.2, 0.25) is 5.91 Å². The Labute approximate surface area is 153 Å². The molecule has 1 aliphatic rings. The van der Waals surface area contributed by atoms with Gasteiger partial charge < -0.3 is 10.0 Å². The summed E-state index contributed by atoms with van der Waals surface area (Å²) in [5.74, 6) is -1.36. The van der Waals surface area contributed by atoms with E-state index in [0.717, 1.165) is 23.3 Å². The minimum atomic E-state index is -4.39. The van der Waals surface area contributed by atoms with Crippen LogP contribution in [0.15, 0.2) is 54.6 Å². The van der Waals surface area contributed by atoms with E-state index in [1.54, 1.807) is 12.1 Å². The maximum absolute atomic E-state index is 12.7. The second-order valence-electron chi connectivity index (χ2n) is 6.31. The van der Waals surface area contributed by atoms with Gasteiger partial charge in [-0.25, -0.2) is 4.79 Å². The average molecular weight is 375 g/mol. The molecule has 0 fully saturated rings. The lowest BCUT2D eigenvalue weighted by atomic mass is 9.95. The first-order chi connectivity index (χ1) is 12.7. The molecular formula is C20H16F3NO3. The number of benzene rings is 2. The molecule has 0 atom stereocenters. The van der Waals surface area contributed by atoms with Crippen molar-refractivity contribution in [3.05, 3.63) is 65.7 Å². The number of aryl methyl sites for hydroxylation is 1. The van der Waals surface area contributed by atoms with E-state index in [-0.39, 0.29) is 24.4 Å². The summed E-state index contributed by atoms with van der Waals surface area (Å²) in [5, 5.41) is 9.00. The highest BCUT2D eigenvalue weighted by Crippen LogP contribution is 2.34. The van der Waals surface area contributed by atoms with Gasteiger partial charge in [-0.05, 0) is 47.4 Å². The SMILES string of the molecule is C=C(CN1C(=O)CCc2cc(-c3ccc(C(F)(F)F)cc3)ccc21)C(=O)O. The highest BCUT2D eigenvalue weighted by Gasteiger charge is 2.30. The lowest BCUT2D eigenvalue weighted by molar-refractivity contribution is -0.137. The first kappa shape index (κ1) is 18.7. The zero-order valence-corrected chi connectivity index (χ0v) is 14.2. The van der Waals surface area contributed by atoms with Crippen LogP contribution >= 0.6 is 0 Å². The number of aliphatic carboxylic acids is 1. The van der Waals surface area contributed by atoms with Gasteiger partial charge in [-0.1, -0.05) is 24.8 Å². The van der Waals surface area contributed by atoms with Crippen LogP contribution in [0.4, 0.5) is 18.9 Å². The summed E-state index contributed by atoms with van der Waals surface area (Å²) in [6, 6.07) is 10.1. The molecule has 0 bridgehead atoms. The van der Waals surface area contributed by atoms with Gasteiger partial charge in [0.1, 0.15) is 0 Å². The molecule has 0 saturated heterocycles. The van der Waals surface area contributed by atoms with Crippen molar-refractivity contribution in [3.63, 3.8) is 0 Å². The van der Waals surface area contributed by atoms with Crippen LogP contribution in [0.5, 0.6) is 0 Å². The molecule has 0 unspecified atom stereocenters. The molecule has 1 amide bonds. The van der Waals surface area contributed by atoms with Crippen LogP contribution in [0.25, 0.3) is 11.1 Å². The van der Waals surface area contributed by atoms with Crippen LogP contribution in [-0.2, 0) is 22.2 Å². The Morgan fingerprint density at radius 1 is 1.07 bits per heavy atom. The van der Waals surface area contributed by atoms with Gasteiger partial charge in [-0.3, -0.25) is 4.79 Å². The standard InChI is InChI=1S/C20H16F3NO3/c1-12(19(26)27)11-24-17-8-4-14(10-15(17)5-9-18(24)25)13-2-6-16(7-3-13)20(21,22)23/h2-4,6-8,10H,1,5,9,11H2,(H,26,27). The number of fused-ring (bicyclic) bond motifs is 1. The Morgan fingerprint density at radius 3 is 2.30 bits per heavy atom. The lowest BCUT2D eigenvalue weighted by Crippen LogP contribution is -2.37. The summed E-state index contributed by atoms with van der Waals surface area (Å²) in [6.07, 6.45) is -3.67. The normalized spacial score (nSPS) is 14.0. The van der Waals surface area contributed by atoms with E-state index in [0.29, 0.717) is 17.7 Å². The van der Waals surface area contributed by atoms with Crippen LogP contribution in [-0.4, -0.2) is 23.5 Å². The van der Waals surface area contributed by atoms with Crippen LogP contribution < -0.4 is 4.90 Å². The lowest BCUT2D eigenvalue weighted by Gasteiger charge is -2.30. The smallest absolute Gasteiger partial charge is 0.416 e. The summed E-state index contributed by atoms with van der Waals surface area (Å²) in [4.78, 5) is 24.6. The number of rotatable bonds is 4. The third-order valence-corrected chi connectivity index (χ3v) is 4.48. The molecule has 0 radical (unpaired) electrons. The van der Waals surface area contributed by atoms with Crippen molar-refractivity contribution in [3.8, 4) is 11.1 Å². The van der Waals surface area contributed by atoms with Crippen LogP contribution in [0.2, 0.25) is 0 Å². The van der Waals surface area contributed by atoms with Crippen molar-refractivity contribution in [1.29, 1.82) is 0 Å². The molecule has 1 heterocycles. The van der Waals surface area contributed by atoms with E-state index in [1.165, 1.54) is 17.0 Å². The van der Waals surface area contributed by atoms with E-state index in [4.69, 9.17) is 5.11 Å². The van der Waals surface area contributed by atoms with Gasteiger partial charge in [0.05, 0.1) is 12.1 Å². The monoisotopic (exact) mass is 375 g/mol. The minimum absolute atomic E-state index is 0.0944. The number of carbonyl (C=O) groups excluding carboxylic acids is 1. The molecule has 7 heteroatoms. The van der Waals surface area contributed by atoms with Gasteiger partial charge in [-0.15, -0.1) is 0 Å². The molecule has 27 heavy (non-hydrogen) atoms. The van der Waals surface area contributed by atoms with Crippen molar-refractivity contribution >= 4 is 17.6 Å². The summed E-state index contributed by atoms with van der Waals surface area (Å²) < 4.78 is 38.1. The van der Waals surface area contributed by atoms with E-state index in [1.807, 2.05) is 6.07 Å². The number of carbonyl (C=O) groups is 2. The average Bonchev–Trinajstić information content (AvgIpc) is 2.63. The van der Waals surface area contributed by atoms with Gasteiger partial charge in [0, 0.05) is 17.7 Å². The van der Waals surface area contributed by atoms with Crippen molar-refractivity contribution in [2.75, 3.05) is 11.4 Å². The van der Waals surface area contributed by atoms with Crippen LogP contribution in [0.1, 0.15) is 17.5 Å². The van der Waals surface area contributed by atoms with Crippen molar-refractivity contribution in [1.82, 2.24) is 0 Å². The first-order valence-corrected chi connectivity index (χ1v) is 8.19. The number of hydrogen-bond acceptors (Lipinski definition) is 2. The van der Waals surface area contributed by atoms with E-state index >= 15 is 0 Å². The molecule has 140 valence electrons. The zero-order chi connectivity index (χ0) is 19.8. The molecule has 3 rings (SSSR count). The van der Waals surface area contributed by atoms with Crippen molar-refractivity contribution in [2.45, 2.75) is 19.0 Å². The maximum atomic E-state index is 12.7. The quantitative estimate of drug-likeness (QED) is 0.811. The molecule has 2 aromatic rings. The summed E-state index contributed by atoms with van der Waals surface area (Å²) in [5.41, 5.74) is 1.99. The first-order valence-electron chi connectivity index (χ1n) is 8.19. The predicted octanol–water partition coefficient (Wildman–Crippen LogP) is 4.29. The van der Waals surface area contributed by atoms with Gasteiger partial charge >= 0.3 is 12.1 Å². The Hall–Kier alpha value is -3.09. The molecular weight excluding hydrogens is 359 g/mol. The predicted molar refractivity (Wildman–Crippen MR) is 94.3 cm³/mol. The number of anilines is 1. The third kappa shape index (κ3) is 3.86. The number of amides is 1. The second kappa shape index (κ2) is 6.90. The fraction of sp³-hybridized carbons (Fsp3) is 0.200. The zero-order valence-electron chi connectivity index (χ0n) is 14.2. The van der Waals surface area contributed by atoms with E-state index in [2.05, 4.69) is 6.58 Å². The summed E-state index contributed by atoms with van der Waals surface area (Å²) in [6.45, 7) is 3.35. The molecule has 2 aromatic carbocycles. The summed E-state index contributed by atoms with van der Waals surface area (Å²) >= 11 is 0. The van der Waals surface area contributed by atoms with Gasteiger partial charge in [0.25, 0.3) is 0 Å².